The predicted octanol–water partition coefficient (Wildman–Crippen LogP) is 2.80. The molecule has 1 heterocycles. The van der Waals surface area contributed by atoms with Gasteiger partial charge < -0.3 is 4.74 Å². The number of aryl methyl sites for hydroxylation is 1. The maximum atomic E-state index is 13.5. The Bertz CT molecular complexity index is 491. The van der Waals surface area contributed by atoms with E-state index in [-0.39, 0.29) is 17.7 Å². The van der Waals surface area contributed by atoms with E-state index in [0.717, 1.165) is 11.1 Å². The number of nitrogens with zero attached hydrogens (tertiary/aromatic N) is 1. The van der Waals surface area contributed by atoms with Crippen molar-refractivity contribution in [2.24, 2.45) is 0 Å². The zero-order chi connectivity index (χ0) is 11.0. The molecule has 0 aliphatic rings. The van der Waals surface area contributed by atoms with E-state index in [2.05, 4.69) is 10.2 Å². The number of halogens is 1. The number of nitrogens with one attached hydrogen (secondary N) is 1. The van der Waals surface area contributed by atoms with Crippen LogP contribution in [-0.4, -0.2) is 16.3 Å². The number of benzene rings is 1. The van der Waals surface area contributed by atoms with Crippen LogP contribution in [0.25, 0.3) is 10.9 Å². The largest absolute Gasteiger partial charge is 0.488 e. The Kier molecular flexibility index (Phi) is 2.34. The minimum atomic E-state index is -0.373. The lowest BCUT2D eigenvalue weighted by molar-refractivity contribution is 0.231. The van der Waals surface area contributed by atoms with Gasteiger partial charge in [0.2, 0.25) is 0 Å². The highest BCUT2D eigenvalue weighted by Crippen LogP contribution is 2.26. The molecule has 0 aliphatic heterocycles. The van der Waals surface area contributed by atoms with Crippen LogP contribution >= 0.6 is 0 Å². The molecule has 0 bridgehead atoms. The highest BCUT2D eigenvalue weighted by molar-refractivity contribution is 5.82. The summed E-state index contributed by atoms with van der Waals surface area (Å²) in [7, 11) is 0. The fraction of sp³-hybridized carbons (Fsp3) is 0.364. The molecule has 3 nitrogen and oxygen atoms in total. The smallest absolute Gasteiger partial charge is 0.167 e. The van der Waals surface area contributed by atoms with Crippen molar-refractivity contribution < 1.29 is 9.13 Å². The molecule has 1 aromatic carbocycles. The van der Waals surface area contributed by atoms with Gasteiger partial charge in [-0.2, -0.15) is 5.10 Å². The maximum absolute atomic E-state index is 13.5. The van der Waals surface area contributed by atoms with Gasteiger partial charge in [0.05, 0.1) is 11.6 Å². The predicted molar refractivity (Wildman–Crippen MR) is 56.6 cm³/mol. The first-order valence-corrected chi connectivity index (χ1v) is 4.89. The van der Waals surface area contributed by atoms with Gasteiger partial charge in [0.15, 0.2) is 11.6 Å². The van der Waals surface area contributed by atoms with Crippen LogP contribution in [0.15, 0.2) is 12.1 Å². The van der Waals surface area contributed by atoms with Crippen molar-refractivity contribution in [3.05, 3.63) is 23.6 Å². The Morgan fingerprint density at radius 2 is 2.13 bits per heavy atom. The van der Waals surface area contributed by atoms with E-state index in [1.807, 2.05) is 20.8 Å². The van der Waals surface area contributed by atoms with Crippen LogP contribution in [0.2, 0.25) is 0 Å². The first-order chi connectivity index (χ1) is 7.08. The van der Waals surface area contributed by atoms with E-state index in [1.165, 1.54) is 6.07 Å². The minimum absolute atomic E-state index is 0.0378. The summed E-state index contributed by atoms with van der Waals surface area (Å²) in [5, 5.41) is 7.69. The van der Waals surface area contributed by atoms with Crippen molar-refractivity contribution in [1.29, 1.82) is 0 Å². The molecule has 80 valence electrons. The normalized spacial score (nSPS) is 11.3. The number of rotatable bonds is 2. The zero-order valence-electron chi connectivity index (χ0n) is 8.97. The number of H-pyrrole nitrogens is 1. The van der Waals surface area contributed by atoms with Crippen LogP contribution in [0.4, 0.5) is 4.39 Å². The van der Waals surface area contributed by atoms with Crippen molar-refractivity contribution in [2.75, 3.05) is 0 Å². The molecular weight excluding hydrogens is 195 g/mol. The molecule has 0 radical (unpaired) electrons. The van der Waals surface area contributed by atoms with Crippen LogP contribution in [0.1, 0.15) is 19.5 Å². The second kappa shape index (κ2) is 3.53. The number of hydrogen-bond donors (Lipinski definition) is 1. The molecule has 0 unspecified atom stereocenters. The maximum Gasteiger partial charge on any atom is 0.167 e. The third-order valence-electron chi connectivity index (χ3n) is 2.16. The molecule has 0 atom stereocenters. The Hall–Kier alpha value is -1.58. The molecule has 4 heteroatoms. The number of ether oxygens (including phenoxy) is 1. The fourth-order valence-electron chi connectivity index (χ4n) is 1.48. The van der Waals surface area contributed by atoms with E-state index >= 15 is 0 Å². The molecule has 2 aromatic rings. The van der Waals surface area contributed by atoms with Crippen molar-refractivity contribution in [1.82, 2.24) is 10.2 Å². The van der Waals surface area contributed by atoms with Gasteiger partial charge in [-0.15, -0.1) is 0 Å². The lowest BCUT2D eigenvalue weighted by Gasteiger charge is -2.10. The van der Waals surface area contributed by atoms with E-state index in [9.17, 15) is 4.39 Å². The summed E-state index contributed by atoms with van der Waals surface area (Å²) in [6.07, 6.45) is -0.0378. The number of fused-ring (bicyclic) bond motifs is 1. The summed E-state index contributed by atoms with van der Waals surface area (Å²) in [6.45, 7) is 5.63. The molecule has 0 fully saturated rings. The molecule has 0 amide bonds. The number of aromatic nitrogens is 2. The highest BCUT2D eigenvalue weighted by atomic mass is 19.1. The quantitative estimate of drug-likeness (QED) is 0.824. The standard InChI is InChI=1S/C11H13FN2O/c1-6(2)15-11-4-8-7(3)13-14-10(8)5-9(11)12/h4-6H,1-3H3,(H,13,14). The topological polar surface area (TPSA) is 37.9 Å². The van der Waals surface area contributed by atoms with Crippen LogP contribution in [0.5, 0.6) is 5.75 Å². The minimum Gasteiger partial charge on any atom is -0.488 e. The van der Waals surface area contributed by atoms with Gasteiger partial charge in [0.25, 0.3) is 0 Å². The Morgan fingerprint density at radius 3 is 2.80 bits per heavy atom. The molecule has 0 spiro atoms. The molecular formula is C11H13FN2O. The second-order valence-electron chi connectivity index (χ2n) is 3.81. The molecule has 1 aromatic heterocycles. The van der Waals surface area contributed by atoms with Gasteiger partial charge in [-0.05, 0) is 26.8 Å². The Morgan fingerprint density at radius 1 is 1.40 bits per heavy atom. The highest BCUT2D eigenvalue weighted by Gasteiger charge is 2.10. The van der Waals surface area contributed by atoms with Crippen LogP contribution in [0, 0.1) is 12.7 Å². The zero-order valence-corrected chi connectivity index (χ0v) is 8.97. The molecule has 2 rings (SSSR count). The van der Waals surface area contributed by atoms with Gasteiger partial charge >= 0.3 is 0 Å². The fourth-order valence-corrected chi connectivity index (χ4v) is 1.48. The van der Waals surface area contributed by atoms with E-state index < -0.39 is 0 Å². The van der Waals surface area contributed by atoms with Crippen molar-refractivity contribution in [3.63, 3.8) is 0 Å². The lowest BCUT2D eigenvalue weighted by atomic mass is 10.2. The van der Waals surface area contributed by atoms with Gasteiger partial charge in [-0.1, -0.05) is 0 Å². The van der Waals surface area contributed by atoms with E-state index in [4.69, 9.17) is 4.74 Å². The van der Waals surface area contributed by atoms with E-state index in [1.54, 1.807) is 6.07 Å². The summed E-state index contributed by atoms with van der Waals surface area (Å²) >= 11 is 0. The summed E-state index contributed by atoms with van der Waals surface area (Å²) in [4.78, 5) is 0. The molecule has 0 aliphatic carbocycles. The Labute approximate surface area is 87.2 Å². The SMILES string of the molecule is Cc1[nH]nc2cc(F)c(OC(C)C)cc12. The third-order valence-corrected chi connectivity index (χ3v) is 2.16. The monoisotopic (exact) mass is 208 g/mol. The summed E-state index contributed by atoms with van der Waals surface area (Å²) in [5.74, 6) is -0.0929. The average Bonchev–Trinajstić information content (AvgIpc) is 2.48. The van der Waals surface area contributed by atoms with Gasteiger partial charge in [0.1, 0.15) is 0 Å². The number of hydrogen-bond acceptors (Lipinski definition) is 2. The summed E-state index contributed by atoms with van der Waals surface area (Å²) in [5.41, 5.74) is 1.54. The lowest BCUT2D eigenvalue weighted by Crippen LogP contribution is -2.06. The summed E-state index contributed by atoms with van der Waals surface area (Å²) in [6, 6.07) is 3.07. The van der Waals surface area contributed by atoms with Crippen LogP contribution in [0.3, 0.4) is 0 Å². The first kappa shape index (κ1) is 9.96. The van der Waals surface area contributed by atoms with Crippen LogP contribution < -0.4 is 4.74 Å². The van der Waals surface area contributed by atoms with E-state index in [0.29, 0.717) is 5.52 Å². The van der Waals surface area contributed by atoms with Crippen molar-refractivity contribution in [2.45, 2.75) is 26.9 Å². The third kappa shape index (κ3) is 1.79. The van der Waals surface area contributed by atoms with Crippen molar-refractivity contribution >= 4 is 10.9 Å². The van der Waals surface area contributed by atoms with Crippen LogP contribution in [-0.2, 0) is 0 Å². The average molecular weight is 208 g/mol. The molecule has 15 heavy (non-hydrogen) atoms. The van der Waals surface area contributed by atoms with Gasteiger partial charge in [-0.3, -0.25) is 5.10 Å². The molecule has 1 N–H and O–H groups in total. The second-order valence-corrected chi connectivity index (χ2v) is 3.81. The first-order valence-electron chi connectivity index (χ1n) is 4.89. The molecule has 0 saturated heterocycles. The van der Waals surface area contributed by atoms with Gasteiger partial charge in [-0.25, -0.2) is 4.39 Å². The van der Waals surface area contributed by atoms with Gasteiger partial charge in [0, 0.05) is 17.1 Å². The van der Waals surface area contributed by atoms with Crippen molar-refractivity contribution in [3.8, 4) is 5.75 Å². The summed E-state index contributed by atoms with van der Waals surface area (Å²) < 4.78 is 18.9. The molecule has 0 saturated carbocycles. The Balaban J connectivity index is 2.54. The number of aromatic amines is 1.